The molecule has 0 aromatic rings. The second kappa shape index (κ2) is 16.9. The maximum absolute atomic E-state index is 3.63. The van der Waals surface area contributed by atoms with Gasteiger partial charge in [-0.1, -0.05) is 27.2 Å². The third-order valence-corrected chi connectivity index (χ3v) is 3.43. The molecule has 1 atom stereocenters. The van der Waals surface area contributed by atoms with Crippen molar-refractivity contribution in [3.63, 3.8) is 0 Å². The molecule has 0 saturated heterocycles. The maximum atomic E-state index is 3.63. The lowest BCUT2D eigenvalue weighted by molar-refractivity contribution is 0.391. The van der Waals surface area contributed by atoms with Crippen molar-refractivity contribution >= 4 is 0 Å². The van der Waals surface area contributed by atoms with Gasteiger partial charge < -0.3 is 21.3 Å². The Kier molecular flexibility index (Phi) is 16.8. The third-order valence-electron chi connectivity index (χ3n) is 3.43. The first kappa shape index (κ1) is 19.8. The molecule has 0 rings (SSSR count). The van der Waals surface area contributed by atoms with Crippen molar-refractivity contribution in [2.24, 2.45) is 0 Å². The van der Waals surface area contributed by atoms with Crippen LogP contribution in [0, 0.1) is 0 Å². The lowest BCUT2D eigenvalue weighted by Gasteiger charge is -2.19. The second-order valence-electron chi connectivity index (χ2n) is 5.37. The fourth-order valence-electron chi connectivity index (χ4n) is 2.21. The Hall–Kier alpha value is -0.160. The molecule has 0 aromatic carbocycles. The van der Waals surface area contributed by atoms with Crippen molar-refractivity contribution < 1.29 is 0 Å². The second-order valence-corrected chi connectivity index (χ2v) is 5.37. The van der Waals surface area contributed by atoms with Crippen molar-refractivity contribution in [1.29, 1.82) is 0 Å². The van der Waals surface area contributed by atoms with Gasteiger partial charge in [0.1, 0.15) is 0 Å². The summed E-state index contributed by atoms with van der Waals surface area (Å²) in [6, 6.07) is 0. The van der Waals surface area contributed by atoms with Gasteiger partial charge in [-0.2, -0.15) is 0 Å². The summed E-state index contributed by atoms with van der Waals surface area (Å²) in [6.07, 6.45) is 8.03. The van der Waals surface area contributed by atoms with E-state index in [1.54, 1.807) is 0 Å². The van der Waals surface area contributed by atoms with Gasteiger partial charge >= 0.3 is 0 Å². The van der Waals surface area contributed by atoms with Gasteiger partial charge in [0.25, 0.3) is 0 Å². The molecule has 0 radical (unpaired) electrons. The third kappa shape index (κ3) is 14.3. The summed E-state index contributed by atoms with van der Waals surface area (Å²) in [6.45, 7) is 13.3. The van der Waals surface area contributed by atoms with Gasteiger partial charge in [0, 0.05) is 0 Å². The van der Waals surface area contributed by atoms with Crippen molar-refractivity contribution in [3.05, 3.63) is 0 Å². The number of unbranched alkanes of at least 4 members (excludes halogenated alkanes) is 2. The molecule has 4 heteroatoms. The standard InChI is InChI=1S/C16H38N4/c1-4-7-12-18-13-8-9-15-20-16(19-6-3)11-10-14-17-5-2/h16-20H,4-15H2,1-3H3. The number of rotatable bonds is 16. The average molecular weight is 287 g/mol. The summed E-state index contributed by atoms with van der Waals surface area (Å²) in [5.74, 6) is 0. The van der Waals surface area contributed by atoms with E-state index in [1.165, 1.54) is 45.1 Å². The van der Waals surface area contributed by atoms with E-state index in [9.17, 15) is 0 Å². The molecule has 4 nitrogen and oxygen atoms in total. The van der Waals surface area contributed by atoms with E-state index in [2.05, 4.69) is 42.0 Å². The SMILES string of the molecule is CCCCNCCCCNC(CCCNCC)NCC. The molecule has 0 amide bonds. The lowest BCUT2D eigenvalue weighted by Crippen LogP contribution is -2.43. The molecule has 0 saturated carbocycles. The highest BCUT2D eigenvalue weighted by atomic mass is 15.1. The largest absolute Gasteiger partial charge is 0.317 e. The minimum Gasteiger partial charge on any atom is -0.317 e. The number of nitrogens with one attached hydrogen (secondary N) is 4. The van der Waals surface area contributed by atoms with E-state index in [0.717, 1.165) is 32.7 Å². The minimum absolute atomic E-state index is 0.478. The fraction of sp³-hybridized carbons (Fsp3) is 1.00. The van der Waals surface area contributed by atoms with E-state index in [-0.39, 0.29) is 0 Å². The molecule has 0 aromatic heterocycles. The predicted molar refractivity (Wildman–Crippen MR) is 90.3 cm³/mol. The number of hydrogen-bond donors (Lipinski definition) is 4. The fourth-order valence-corrected chi connectivity index (χ4v) is 2.21. The predicted octanol–water partition coefficient (Wildman–Crippen LogP) is 2.07. The summed E-state index contributed by atoms with van der Waals surface area (Å²) < 4.78 is 0. The van der Waals surface area contributed by atoms with Crippen LogP contribution in [0.5, 0.6) is 0 Å². The van der Waals surface area contributed by atoms with Crippen LogP contribution in [0.4, 0.5) is 0 Å². The van der Waals surface area contributed by atoms with Crippen molar-refractivity contribution in [2.45, 2.75) is 65.5 Å². The molecule has 1 unspecified atom stereocenters. The van der Waals surface area contributed by atoms with Crippen molar-refractivity contribution in [3.8, 4) is 0 Å². The van der Waals surface area contributed by atoms with Crippen LogP contribution in [0.25, 0.3) is 0 Å². The van der Waals surface area contributed by atoms with Crippen LogP contribution in [0.15, 0.2) is 0 Å². The molecular weight excluding hydrogens is 248 g/mol. The Balaban J connectivity index is 3.40. The van der Waals surface area contributed by atoms with Crippen LogP contribution in [0.3, 0.4) is 0 Å². The highest BCUT2D eigenvalue weighted by Gasteiger charge is 2.04. The molecule has 4 N–H and O–H groups in total. The number of hydrogen-bond acceptors (Lipinski definition) is 4. The topological polar surface area (TPSA) is 48.1 Å². The zero-order chi connectivity index (χ0) is 14.9. The van der Waals surface area contributed by atoms with Gasteiger partial charge in [-0.3, -0.25) is 0 Å². The van der Waals surface area contributed by atoms with E-state index in [4.69, 9.17) is 0 Å². The van der Waals surface area contributed by atoms with E-state index >= 15 is 0 Å². The zero-order valence-electron chi connectivity index (χ0n) is 14.1. The summed E-state index contributed by atoms with van der Waals surface area (Å²) in [5, 5.41) is 14.0. The van der Waals surface area contributed by atoms with Crippen LogP contribution in [0.2, 0.25) is 0 Å². The molecule has 0 spiro atoms. The summed E-state index contributed by atoms with van der Waals surface area (Å²) in [7, 11) is 0. The van der Waals surface area contributed by atoms with E-state index < -0.39 is 0 Å². The van der Waals surface area contributed by atoms with Gasteiger partial charge in [-0.05, 0) is 71.4 Å². The molecule has 0 aliphatic carbocycles. The summed E-state index contributed by atoms with van der Waals surface area (Å²) >= 11 is 0. The molecule has 20 heavy (non-hydrogen) atoms. The van der Waals surface area contributed by atoms with Crippen LogP contribution in [0.1, 0.15) is 59.3 Å². The van der Waals surface area contributed by atoms with Gasteiger partial charge in [-0.25, -0.2) is 0 Å². The average Bonchev–Trinajstić information content (AvgIpc) is 2.46. The van der Waals surface area contributed by atoms with E-state index in [1.807, 2.05) is 0 Å². The Morgan fingerprint density at radius 1 is 0.650 bits per heavy atom. The molecule has 122 valence electrons. The molecule has 0 bridgehead atoms. The quantitative estimate of drug-likeness (QED) is 0.259. The van der Waals surface area contributed by atoms with E-state index in [0.29, 0.717) is 6.17 Å². The summed E-state index contributed by atoms with van der Waals surface area (Å²) in [4.78, 5) is 0. The first-order valence-corrected chi connectivity index (χ1v) is 8.73. The molecule has 0 aliphatic rings. The van der Waals surface area contributed by atoms with Gasteiger partial charge in [0.05, 0.1) is 6.17 Å². The lowest BCUT2D eigenvalue weighted by atomic mass is 10.2. The Bertz CT molecular complexity index is 176. The smallest absolute Gasteiger partial charge is 0.0572 e. The van der Waals surface area contributed by atoms with Crippen LogP contribution < -0.4 is 21.3 Å². The molecule has 0 heterocycles. The highest BCUT2D eigenvalue weighted by molar-refractivity contribution is 4.65. The van der Waals surface area contributed by atoms with Crippen LogP contribution in [-0.2, 0) is 0 Å². The summed E-state index contributed by atoms with van der Waals surface area (Å²) in [5.41, 5.74) is 0. The zero-order valence-corrected chi connectivity index (χ0v) is 14.1. The first-order chi connectivity index (χ1) is 9.85. The minimum atomic E-state index is 0.478. The van der Waals surface area contributed by atoms with Gasteiger partial charge in [0.2, 0.25) is 0 Å². The molecule has 0 fully saturated rings. The maximum Gasteiger partial charge on any atom is 0.0572 e. The van der Waals surface area contributed by atoms with Crippen molar-refractivity contribution in [2.75, 3.05) is 39.3 Å². The monoisotopic (exact) mass is 286 g/mol. The Labute approximate surface area is 126 Å². The molecular formula is C16H38N4. The normalized spacial score (nSPS) is 12.8. The van der Waals surface area contributed by atoms with Gasteiger partial charge in [-0.15, -0.1) is 0 Å². The Morgan fingerprint density at radius 3 is 2.05 bits per heavy atom. The van der Waals surface area contributed by atoms with Crippen LogP contribution in [-0.4, -0.2) is 45.4 Å². The van der Waals surface area contributed by atoms with Crippen LogP contribution >= 0.6 is 0 Å². The Morgan fingerprint density at radius 2 is 1.35 bits per heavy atom. The molecule has 0 aliphatic heterocycles. The van der Waals surface area contributed by atoms with Crippen molar-refractivity contribution in [1.82, 2.24) is 21.3 Å². The highest BCUT2D eigenvalue weighted by Crippen LogP contribution is 1.95. The van der Waals surface area contributed by atoms with Gasteiger partial charge in [0.15, 0.2) is 0 Å². The first-order valence-electron chi connectivity index (χ1n) is 8.73.